The van der Waals surface area contributed by atoms with Gasteiger partial charge in [-0.1, -0.05) is 11.6 Å². The molecule has 0 radical (unpaired) electrons. The monoisotopic (exact) mass is 383 g/mol. The van der Waals surface area contributed by atoms with Gasteiger partial charge in [0.2, 0.25) is 0 Å². The number of pyridine rings is 1. The second-order valence-electron chi connectivity index (χ2n) is 7.21. The zero-order valence-electron chi connectivity index (χ0n) is 15.9. The van der Waals surface area contributed by atoms with Crippen LogP contribution < -0.4 is 4.90 Å². The zero-order valence-corrected chi connectivity index (χ0v) is 16.7. The van der Waals surface area contributed by atoms with E-state index in [-0.39, 0.29) is 18.7 Å². The van der Waals surface area contributed by atoms with Gasteiger partial charge in [0, 0.05) is 31.9 Å². The fraction of sp³-hybridized carbons (Fsp3) is 0.611. The number of anilines is 1. The average Bonchev–Trinajstić information content (AvgIpc) is 2.53. The first-order valence-corrected chi connectivity index (χ1v) is 9.07. The lowest BCUT2D eigenvalue weighted by atomic mass is 10.1. The number of hydrogen-bond acceptors (Lipinski definition) is 6. The van der Waals surface area contributed by atoms with Crippen molar-refractivity contribution in [1.29, 1.82) is 0 Å². The maximum atomic E-state index is 12.4. The van der Waals surface area contributed by atoms with Crippen molar-refractivity contribution in [2.75, 3.05) is 31.1 Å². The van der Waals surface area contributed by atoms with Gasteiger partial charge in [0.05, 0.1) is 12.3 Å². The molecule has 1 saturated heterocycles. The van der Waals surface area contributed by atoms with E-state index in [4.69, 9.17) is 21.1 Å². The smallest absolute Gasteiger partial charge is 0.410 e. The summed E-state index contributed by atoms with van der Waals surface area (Å²) in [4.78, 5) is 32.3. The van der Waals surface area contributed by atoms with Crippen LogP contribution >= 0.6 is 11.6 Å². The van der Waals surface area contributed by atoms with E-state index < -0.39 is 11.6 Å². The predicted molar refractivity (Wildman–Crippen MR) is 99.8 cm³/mol. The number of esters is 1. The van der Waals surface area contributed by atoms with Gasteiger partial charge in [0.15, 0.2) is 0 Å². The molecule has 1 atom stereocenters. The molecule has 0 spiro atoms. The molecule has 1 amide bonds. The highest BCUT2D eigenvalue weighted by Crippen LogP contribution is 2.27. The van der Waals surface area contributed by atoms with Crippen molar-refractivity contribution in [2.45, 2.75) is 46.3 Å². The summed E-state index contributed by atoms with van der Waals surface area (Å²) in [5.74, 6) is -0.436. The first kappa shape index (κ1) is 20.3. The molecule has 2 rings (SSSR count). The van der Waals surface area contributed by atoms with Crippen LogP contribution in [0.4, 0.5) is 10.5 Å². The lowest BCUT2D eigenvalue weighted by Crippen LogP contribution is -2.55. The average molecular weight is 384 g/mol. The van der Waals surface area contributed by atoms with Crippen molar-refractivity contribution < 1.29 is 19.1 Å². The molecule has 0 saturated carbocycles. The van der Waals surface area contributed by atoms with Crippen LogP contribution in [0.3, 0.4) is 0 Å². The van der Waals surface area contributed by atoms with Crippen LogP contribution in [-0.4, -0.2) is 59.8 Å². The van der Waals surface area contributed by atoms with E-state index in [1.54, 1.807) is 17.9 Å². The molecule has 0 unspecified atom stereocenters. The first-order valence-electron chi connectivity index (χ1n) is 8.69. The topological polar surface area (TPSA) is 72.0 Å². The summed E-state index contributed by atoms with van der Waals surface area (Å²) in [5, 5.41) is 0.301. The van der Waals surface area contributed by atoms with Crippen molar-refractivity contribution in [1.82, 2.24) is 9.88 Å². The number of ether oxygens (including phenoxy) is 2. The number of amides is 1. The third-order valence-electron chi connectivity index (χ3n) is 3.94. The Balaban J connectivity index is 2.17. The van der Waals surface area contributed by atoms with Gasteiger partial charge in [-0.15, -0.1) is 0 Å². The molecule has 1 aliphatic rings. The number of hydrogen-bond donors (Lipinski definition) is 0. The van der Waals surface area contributed by atoms with Gasteiger partial charge >= 0.3 is 12.1 Å². The van der Waals surface area contributed by atoms with Gasteiger partial charge in [-0.3, -0.25) is 0 Å². The summed E-state index contributed by atoms with van der Waals surface area (Å²) in [6, 6.07) is 1.57. The van der Waals surface area contributed by atoms with Gasteiger partial charge in [0.1, 0.15) is 16.3 Å². The highest BCUT2D eigenvalue weighted by Gasteiger charge is 2.32. The van der Waals surface area contributed by atoms with Crippen LogP contribution in [-0.2, 0) is 9.47 Å². The number of nitrogens with zero attached hydrogens (tertiary/aromatic N) is 3. The predicted octanol–water partition coefficient (Wildman–Crippen LogP) is 3.36. The van der Waals surface area contributed by atoms with Crippen molar-refractivity contribution >= 4 is 29.4 Å². The standard InChI is InChI=1S/C18H26ClN3O4/c1-6-25-16(23)13-10-20-15(19)9-14(13)21-7-8-22(12(2)11-21)17(24)26-18(3,4)5/h9-10,12H,6-8,11H2,1-5H3/t12-/m1/s1. The minimum absolute atomic E-state index is 0.0828. The molecule has 8 heteroatoms. The van der Waals surface area contributed by atoms with Crippen molar-refractivity contribution in [3.63, 3.8) is 0 Å². The van der Waals surface area contributed by atoms with Crippen molar-refractivity contribution in [3.05, 3.63) is 23.0 Å². The molecule has 0 aliphatic carbocycles. The molecule has 1 aromatic heterocycles. The lowest BCUT2D eigenvalue weighted by Gasteiger charge is -2.41. The Hall–Kier alpha value is -2.02. The second-order valence-corrected chi connectivity index (χ2v) is 7.60. The molecule has 1 aliphatic heterocycles. The summed E-state index contributed by atoms with van der Waals surface area (Å²) in [7, 11) is 0. The number of carbonyl (C=O) groups is 2. The van der Waals surface area contributed by atoms with Crippen molar-refractivity contribution in [2.24, 2.45) is 0 Å². The van der Waals surface area contributed by atoms with Crippen LogP contribution in [0.15, 0.2) is 12.3 Å². The SMILES string of the molecule is CCOC(=O)c1cnc(Cl)cc1N1CCN(C(=O)OC(C)(C)C)[C@H](C)C1. The second kappa shape index (κ2) is 8.12. The molecule has 7 nitrogen and oxygen atoms in total. The molecular weight excluding hydrogens is 358 g/mol. The quantitative estimate of drug-likeness (QED) is 0.588. The number of halogens is 1. The molecule has 0 N–H and O–H groups in total. The highest BCUT2D eigenvalue weighted by atomic mass is 35.5. The minimum atomic E-state index is -0.538. The maximum Gasteiger partial charge on any atom is 0.410 e. The van der Waals surface area contributed by atoms with Crippen LogP contribution in [0.5, 0.6) is 0 Å². The number of piperazine rings is 1. The lowest BCUT2D eigenvalue weighted by molar-refractivity contribution is 0.0158. The number of carbonyl (C=O) groups excluding carboxylic acids is 2. The Bertz CT molecular complexity index is 675. The van der Waals surface area contributed by atoms with E-state index in [1.807, 2.05) is 32.6 Å². The fourth-order valence-corrected chi connectivity index (χ4v) is 2.97. The molecule has 1 aromatic rings. The first-order chi connectivity index (χ1) is 12.1. The van der Waals surface area contributed by atoms with Gasteiger partial charge in [-0.25, -0.2) is 14.6 Å². The highest BCUT2D eigenvalue weighted by molar-refractivity contribution is 6.29. The third-order valence-corrected chi connectivity index (χ3v) is 4.15. The summed E-state index contributed by atoms with van der Waals surface area (Å²) in [6.45, 7) is 11.1. The van der Waals surface area contributed by atoms with E-state index in [0.717, 1.165) is 0 Å². The molecule has 0 bridgehead atoms. The zero-order chi connectivity index (χ0) is 19.5. The minimum Gasteiger partial charge on any atom is -0.462 e. The van der Waals surface area contributed by atoms with Crippen LogP contribution in [0.1, 0.15) is 45.0 Å². The molecule has 26 heavy (non-hydrogen) atoms. The van der Waals surface area contributed by atoms with E-state index >= 15 is 0 Å². The van der Waals surface area contributed by atoms with Crippen LogP contribution in [0, 0.1) is 0 Å². The largest absolute Gasteiger partial charge is 0.462 e. The van der Waals surface area contributed by atoms with Gasteiger partial charge < -0.3 is 19.3 Å². The molecule has 144 valence electrons. The van der Waals surface area contributed by atoms with Crippen molar-refractivity contribution in [3.8, 4) is 0 Å². The normalized spacial score (nSPS) is 17.8. The molecule has 2 heterocycles. The summed E-state index contributed by atoms with van der Waals surface area (Å²) >= 11 is 6.03. The Labute approximate surface area is 159 Å². The van der Waals surface area contributed by atoms with Gasteiger partial charge in [0.25, 0.3) is 0 Å². The number of rotatable bonds is 3. The van der Waals surface area contributed by atoms with E-state index in [9.17, 15) is 9.59 Å². The third kappa shape index (κ3) is 5.00. The summed E-state index contributed by atoms with van der Waals surface area (Å²) in [5.41, 5.74) is 0.497. The fourth-order valence-electron chi connectivity index (χ4n) is 2.82. The summed E-state index contributed by atoms with van der Waals surface area (Å²) in [6.07, 6.45) is 1.10. The van der Waals surface area contributed by atoms with Crippen LogP contribution in [0.2, 0.25) is 5.15 Å². The van der Waals surface area contributed by atoms with E-state index in [2.05, 4.69) is 4.98 Å². The van der Waals surface area contributed by atoms with E-state index in [1.165, 1.54) is 6.20 Å². The Kier molecular flexibility index (Phi) is 6.34. The Morgan fingerprint density at radius 1 is 1.35 bits per heavy atom. The van der Waals surface area contributed by atoms with Gasteiger partial charge in [-0.2, -0.15) is 0 Å². The van der Waals surface area contributed by atoms with Crippen LogP contribution in [0.25, 0.3) is 0 Å². The number of aromatic nitrogens is 1. The van der Waals surface area contributed by atoms with Gasteiger partial charge in [-0.05, 0) is 40.7 Å². The molecule has 0 aromatic carbocycles. The Morgan fingerprint density at radius 2 is 2.04 bits per heavy atom. The molecule has 1 fully saturated rings. The Morgan fingerprint density at radius 3 is 2.62 bits per heavy atom. The maximum absolute atomic E-state index is 12.4. The van der Waals surface area contributed by atoms with E-state index in [0.29, 0.717) is 36.0 Å². The summed E-state index contributed by atoms with van der Waals surface area (Å²) < 4.78 is 10.6. The molecular formula is C18H26ClN3O4.